The first-order valence-corrected chi connectivity index (χ1v) is 11.0. The van der Waals surface area contributed by atoms with Gasteiger partial charge in [0.15, 0.2) is 5.16 Å². The van der Waals surface area contributed by atoms with Crippen LogP contribution in [0.2, 0.25) is 0 Å². The number of carbonyl (C=O) groups is 1. The van der Waals surface area contributed by atoms with Crippen LogP contribution in [0.5, 0.6) is 0 Å². The molecule has 1 atom stereocenters. The van der Waals surface area contributed by atoms with Crippen LogP contribution in [-0.4, -0.2) is 26.4 Å². The van der Waals surface area contributed by atoms with Gasteiger partial charge in [0.25, 0.3) is 0 Å². The van der Waals surface area contributed by atoms with Gasteiger partial charge in [0.2, 0.25) is 5.91 Å². The van der Waals surface area contributed by atoms with E-state index < -0.39 is 0 Å². The Morgan fingerprint density at radius 1 is 1.26 bits per heavy atom. The topological polar surface area (TPSA) is 59.8 Å². The summed E-state index contributed by atoms with van der Waals surface area (Å²) in [6.45, 7) is 2.76. The zero-order valence-electron chi connectivity index (χ0n) is 15.2. The van der Waals surface area contributed by atoms with Gasteiger partial charge in [-0.3, -0.25) is 4.79 Å². The normalized spacial score (nSPS) is 14.9. The Kier molecular flexibility index (Phi) is 5.59. The predicted octanol–water partition coefficient (Wildman–Crippen LogP) is 4.23. The van der Waals surface area contributed by atoms with Gasteiger partial charge >= 0.3 is 0 Å². The molecule has 5 nitrogen and oxygen atoms in total. The summed E-state index contributed by atoms with van der Waals surface area (Å²) in [6.07, 6.45) is 2.35. The standard InChI is InChI=1S/C20H22N4OS2/c1-14(17-8-5-11-26-17)21-18(25)13-27-20-23-22-19(16-9-10-16)24(20)12-15-6-3-2-4-7-15/h2-8,11,14,16H,9-10,12-13H2,1H3,(H,21,25)/t14-/m0/s1. The average Bonchev–Trinajstić information content (AvgIpc) is 3.21. The number of thiophene rings is 1. The maximum absolute atomic E-state index is 12.4. The van der Waals surface area contributed by atoms with E-state index in [0.29, 0.717) is 11.7 Å². The van der Waals surface area contributed by atoms with Gasteiger partial charge in [-0.1, -0.05) is 48.2 Å². The fraction of sp³-hybridized carbons (Fsp3) is 0.350. The van der Waals surface area contributed by atoms with Crippen LogP contribution < -0.4 is 5.32 Å². The number of nitrogens with zero attached hydrogens (tertiary/aromatic N) is 3. The van der Waals surface area contributed by atoms with Crippen molar-refractivity contribution >= 4 is 29.0 Å². The first-order chi connectivity index (χ1) is 13.2. The molecule has 2 heterocycles. The van der Waals surface area contributed by atoms with Gasteiger partial charge in [0.05, 0.1) is 18.3 Å². The molecule has 1 fully saturated rings. The second-order valence-corrected chi connectivity index (χ2v) is 8.70. The maximum Gasteiger partial charge on any atom is 0.230 e. The molecule has 1 aromatic carbocycles. The molecule has 1 saturated carbocycles. The van der Waals surface area contributed by atoms with Gasteiger partial charge < -0.3 is 9.88 Å². The molecule has 1 aliphatic carbocycles. The lowest BCUT2D eigenvalue weighted by Gasteiger charge is -2.13. The van der Waals surface area contributed by atoms with Gasteiger partial charge in [-0.25, -0.2) is 0 Å². The van der Waals surface area contributed by atoms with E-state index in [4.69, 9.17) is 0 Å². The highest BCUT2D eigenvalue weighted by Crippen LogP contribution is 2.40. The van der Waals surface area contributed by atoms with Crippen molar-refractivity contribution in [1.82, 2.24) is 20.1 Å². The van der Waals surface area contributed by atoms with E-state index in [1.165, 1.54) is 30.2 Å². The zero-order valence-corrected chi connectivity index (χ0v) is 16.8. The molecule has 0 bridgehead atoms. The molecule has 0 aliphatic heterocycles. The molecule has 1 N–H and O–H groups in total. The number of carbonyl (C=O) groups excluding carboxylic acids is 1. The van der Waals surface area contributed by atoms with Gasteiger partial charge in [0, 0.05) is 10.8 Å². The Morgan fingerprint density at radius 3 is 2.78 bits per heavy atom. The second kappa shape index (κ2) is 8.27. The highest BCUT2D eigenvalue weighted by atomic mass is 32.2. The first-order valence-electron chi connectivity index (χ1n) is 9.13. The minimum Gasteiger partial charge on any atom is -0.348 e. The minimum atomic E-state index is 0.0168. The molecule has 4 rings (SSSR count). The summed E-state index contributed by atoms with van der Waals surface area (Å²) in [5.41, 5.74) is 1.22. The third-order valence-electron chi connectivity index (χ3n) is 4.55. The summed E-state index contributed by atoms with van der Waals surface area (Å²) in [7, 11) is 0. The average molecular weight is 399 g/mol. The third-order valence-corrected chi connectivity index (χ3v) is 6.57. The van der Waals surface area contributed by atoms with Crippen molar-refractivity contribution in [3.05, 3.63) is 64.1 Å². The molecular formula is C20H22N4OS2. The number of rotatable bonds is 8. The lowest BCUT2D eigenvalue weighted by molar-refractivity contribution is -0.119. The summed E-state index contributed by atoms with van der Waals surface area (Å²) in [4.78, 5) is 13.5. The number of hydrogen-bond acceptors (Lipinski definition) is 5. The van der Waals surface area contributed by atoms with Crippen molar-refractivity contribution < 1.29 is 4.79 Å². The van der Waals surface area contributed by atoms with Gasteiger partial charge in [-0.15, -0.1) is 21.5 Å². The summed E-state index contributed by atoms with van der Waals surface area (Å²) >= 11 is 3.12. The Morgan fingerprint density at radius 2 is 2.07 bits per heavy atom. The lowest BCUT2D eigenvalue weighted by Crippen LogP contribution is -2.27. The van der Waals surface area contributed by atoms with Crippen LogP contribution in [0.25, 0.3) is 0 Å². The van der Waals surface area contributed by atoms with Crippen molar-refractivity contribution in [2.75, 3.05) is 5.75 Å². The Labute approximate surface area is 167 Å². The highest BCUT2D eigenvalue weighted by Gasteiger charge is 2.30. The molecule has 3 aromatic rings. The molecule has 140 valence electrons. The maximum atomic E-state index is 12.4. The van der Waals surface area contributed by atoms with E-state index in [2.05, 4.69) is 32.2 Å². The van der Waals surface area contributed by atoms with Crippen molar-refractivity contribution in [1.29, 1.82) is 0 Å². The largest absolute Gasteiger partial charge is 0.348 e. The van der Waals surface area contributed by atoms with E-state index in [0.717, 1.165) is 22.4 Å². The number of hydrogen-bond donors (Lipinski definition) is 1. The number of benzene rings is 1. The summed E-state index contributed by atoms with van der Waals surface area (Å²) in [5.74, 6) is 1.92. The molecule has 2 aromatic heterocycles. The number of nitrogens with one attached hydrogen (secondary N) is 1. The molecule has 0 spiro atoms. The molecule has 1 aliphatic rings. The summed E-state index contributed by atoms with van der Waals surface area (Å²) in [5, 5.41) is 14.7. The monoisotopic (exact) mass is 398 g/mol. The third kappa shape index (κ3) is 4.59. The summed E-state index contributed by atoms with van der Waals surface area (Å²) < 4.78 is 2.17. The Hall–Kier alpha value is -2.12. The van der Waals surface area contributed by atoms with Crippen molar-refractivity contribution in [2.24, 2.45) is 0 Å². The zero-order chi connectivity index (χ0) is 18.6. The van der Waals surface area contributed by atoms with E-state index >= 15 is 0 Å². The van der Waals surface area contributed by atoms with Crippen LogP contribution >= 0.6 is 23.1 Å². The smallest absolute Gasteiger partial charge is 0.230 e. The molecular weight excluding hydrogens is 376 g/mol. The van der Waals surface area contributed by atoms with Crippen molar-refractivity contribution in [2.45, 2.75) is 43.4 Å². The fourth-order valence-electron chi connectivity index (χ4n) is 2.99. The molecule has 1 amide bonds. The molecule has 0 unspecified atom stereocenters. The van der Waals surface area contributed by atoms with E-state index in [9.17, 15) is 4.79 Å². The van der Waals surface area contributed by atoms with Gasteiger partial charge in [-0.2, -0.15) is 0 Å². The molecule has 7 heteroatoms. The molecule has 0 saturated heterocycles. The quantitative estimate of drug-likeness (QED) is 0.577. The SMILES string of the molecule is C[C@H](NC(=O)CSc1nnc(C2CC2)n1Cc1ccccc1)c1cccs1. The molecule has 0 radical (unpaired) electrons. The second-order valence-electron chi connectivity index (χ2n) is 6.78. The summed E-state index contributed by atoms with van der Waals surface area (Å²) in [6, 6.07) is 14.4. The van der Waals surface area contributed by atoms with Gasteiger partial charge in [0.1, 0.15) is 5.82 Å². The van der Waals surface area contributed by atoms with Crippen LogP contribution in [0.1, 0.15) is 48.0 Å². The van der Waals surface area contributed by atoms with Crippen LogP contribution in [-0.2, 0) is 11.3 Å². The van der Waals surface area contributed by atoms with Gasteiger partial charge in [-0.05, 0) is 36.8 Å². The van der Waals surface area contributed by atoms with E-state index in [1.807, 2.05) is 42.6 Å². The van der Waals surface area contributed by atoms with Crippen LogP contribution in [0.15, 0.2) is 53.0 Å². The van der Waals surface area contributed by atoms with E-state index in [1.54, 1.807) is 11.3 Å². The van der Waals surface area contributed by atoms with Crippen LogP contribution in [0.4, 0.5) is 0 Å². The first kappa shape index (κ1) is 18.3. The Bertz CT molecular complexity index is 888. The lowest BCUT2D eigenvalue weighted by atomic mass is 10.2. The predicted molar refractivity (Wildman–Crippen MR) is 109 cm³/mol. The van der Waals surface area contributed by atoms with E-state index in [-0.39, 0.29) is 11.9 Å². The van der Waals surface area contributed by atoms with Crippen molar-refractivity contribution in [3.8, 4) is 0 Å². The highest BCUT2D eigenvalue weighted by molar-refractivity contribution is 7.99. The van der Waals surface area contributed by atoms with Crippen molar-refractivity contribution in [3.63, 3.8) is 0 Å². The fourth-order valence-corrected chi connectivity index (χ4v) is 4.48. The minimum absolute atomic E-state index is 0.0168. The number of thioether (sulfide) groups is 1. The molecule has 27 heavy (non-hydrogen) atoms. The number of amides is 1. The number of aromatic nitrogens is 3. The Balaban J connectivity index is 1.42. The van der Waals surface area contributed by atoms with Crippen LogP contribution in [0, 0.1) is 0 Å². The van der Waals surface area contributed by atoms with Crippen LogP contribution in [0.3, 0.4) is 0 Å².